The number of allylic oxidation sites excluding steroid dienone is 1. The fourth-order valence-electron chi connectivity index (χ4n) is 4.31. The average Bonchev–Trinajstić information content (AvgIpc) is 3.34. The van der Waals surface area contributed by atoms with Gasteiger partial charge in [-0.3, -0.25) is 4.79 Å². The molecule has 11 nitrogen and oxygen atoms in total. The third kappa shape index (κ3) is 5.21. The molecule has 37 heavy (non-hydrogen) atoms. The van der Waals surface area contributed by atoms with Crippen molar-refractivity contribution in [2.45, 2.75) is 12.6 Å². The fourth-order valence-corrected chi connectivity index (χ4v) is 4.31. The highest BCUT2D eigenvalue weighted by Crippen LogP contribution is 2.26. The van der Waals surface area contributed by atoms with Gasteiger partial charge >= 0.3 is 6.01 Å². The van der Waals surface area contributed by atoms with Crippen LogP contribution in [-0.2, 0) is 9.53 Å². The largest absolute Gasteiger partial charge is 0.403 e. The Balaban J connectivity index is 1.45. The first-order chi connectivity index (χ1) is 18.2. The van der Waals surface area contributed by atoms with Crippen molar-refractivity contribution < 1.29 is 13.9 Å². The van der Waals surface area contributed by atoms with Gasteiger partial charge < -0.3 is 35.4 Å². The van der Waals surface area contributed by atoms with Gasteiger partial charge in [0, 0.05) is 44.1 Å². The molecule has 1 saturated heterocycles. The van der Waals surface area contributed by atoms with Gasteiger partial charge in [0.15, 0.2) is 0 Å². The summed E-state index contributed by atoms with van der Waals surface area (Å²) in [6.45, 7) is 2.81. The number of benzodiazepines with no additional fused rings is 1. The zero-order valence-electron chi connectivity index (χ0n) is 20.4. The maximum absolute atomic E-state index is 13.1. The highest BCUT2D eigenvalue weighted by Gasteiger charge is 2.28. The summed E-state index contributed by atoms with van der Waals surface area (Å²) in [5.74, 6) is 0.540. The van der Waals surface area contributed by atoms with Gasteiger partial charge in [0.2, 0.25) is 6.17 Å². The minimum Gasteiger partial charge on any atom is -0.403 e. The Bertz CT molecular complexity index is 1330. The predicted molar refractivity (Wildman–Crippen MR) is 141 cm³/mol. The van der Waals surface area contributed by atoms with Crippen molar-refractivity contribution in [2.75, 3.05) is 44.0 Å². The molecule has 11 heteroatoms. The minimum absolute atomic E-state index is 0.0245. The lowest BCUT2D eigenvalue weighted by atomic mass is 10.0. The van der Waals surface area contributed by atoms with E-state index in [9.17, 15) is 4.79 Å². The molecular weight excluding hydrogens is 472 g/mol. The van der Waals surface area contributed by atoms with Crippen molar-refractivity contribution in [2.24, 2.45) is 4.99 Å². The molecular formula is C26H28N8O3. The first-order valence-electron chi connectivity index (χ1n) is 12.0. The van der Waals surface area contributed by atoms with Crippen LogP contribution in [-0.4, -0.2) is 72.4 Å². The lowest BCUT2D eigenvalue weighted by Gasteiger charge is -2.33. The zero-order chi connectivity index (χ0) is 25.6. The Morgan fingerprint density at radius 3 is 2.84 bits per heavy atom. The molecule has 0 saturated carbocycles. The standard InChI is InChI=1S/C26H28N8O3/c1-36-15-14-34-13-7-12-28-23(34)19(16-27)25-32-33-26(37-25)31-22-24(35)29-20-11-6-5-10-18(20)21(30-22)17-8-3-2-4-9-17/h2-6,8-11,16,22,27-28H,7,12-15H2,1H3,(H,29,35)(H,31,33)/b23-19-,27-16?/t22-/m1/s1. The second kappa shape index (κ2) is 11.0. The van der Waals surface area contributed by atoms with E-state index in [4.69, 9.17) is 19.6 Å². The number of carbonyl (C=O) groups is 1. The van der Waals surface area contributed by atoms with E-state index >= 15 is 0 Å². The van der Waals surface area contributed by atoms with Crippen LogP contribution in [0.5, 0.6) is 0 Å². The third-order valence-corrected chi connectivity index (χ3v) is 6.09. The lowest BCUT2D eigenvalue weighted by molar-refractivity contribution is -0.116. The van der Waals surface area contributed by atoms with Crippen molar-refractivity contribution in [1.29, 1.82) is 5.41 Å². The second-order valence-electron chi connectivity index (χ2n) is 8.50. The Morgan fingerprint density at radius 1 is 1.22 bits per heavy atom. The first-order valence-corrected chi connectivity index (χ1v) is 12.0. The maximum atomic E-state index is 13.1. The molecule has 1 aromatic heterocycles. The van der Waals surface area contributed by atoms with Gasteiger partial charge in [-0.05, 0) is 12.5 Å². The Labute approximate surface area is 214 Å². The van der Waals surface area contributed by atoms with Crippen molar-refractivity contribution in [3.63, 3.8) is 0 Å². The number of para-hydroxylation sites is 1. The van der Waals surface area contributed by atoms with Crippen LogP contribution in [0.25, 0.3) is 5.57 Å². The van der Waals surface area contributed by atoms with E-state index in [0.29, 0.717) is 30.1 Å². The summed E-state index contributed by atoms with van der Waals surface area (Å²) < 4.78 is 11.1. The normalized spacial score (nSPS) is 18.6. The number of carbonyl (C=O) groups excluding carboxylic acids is 1. The summed E-state index contributed by atoms with van der Waals surface area (Å²) in [6, 6.07) is 17.2. The van der Waals surface area contributed by atoms with Gasteiger partial charge in [0.05, 0.1) is 23.6 Å². The molecule has 3 aromatic rings. The molecule has 2 aliphatic rings. The molecule has 0 radical (unpaired) electrons. The SMILES string of the molecule is COCCN1CCCN/C1=C(\C=N)c1nnc(N[C@H]2N=C(c3ccccc3)c3ccccc3NC2=O)o1. The van der Waals surface area contributed by atoms with E-state index in [1.165, 1.54) is 6.21 Å². The molecule has 190 valence electrons. The van der Waals surface area contributed by atoms with Gasteiger partial charge in [-0.15, -0.1) is 5.10 Å². The van der Waals surface area contributed by atoms with Crippen LogP contribution in [0.1, 0.15) is 23.4 Å². The smallest absolute Gasteiger partial charge is 0.317 e. The van der Waals surface area contributed by atoms with Crippen LogP contribution in [0, 0.1) is 5.41 Å². The number of amides is 1. The Hall–Kier alpha value is -4.51. The molecule has 0 aliphatic carbocycles. The molecule has 1 amide bonds. The number of fused-ring (bicyclic) bond motifs is 1. The van der Waals surface area contributed by atoms with Crippen molar-refractivity contribution >= 4 is 35.1 Å². The lowest BCUT2D eigenvalue weighted by Crippen LogP contribution is -2.41. The number of nitrogens with zero attached hydrogens (tertiary/aromatic N) is 4. The van der Waals surface area contributed by atoms with Crippen LogP contribution in [0.15, 0.2) is 69.8 Å². The number of aromatic nitrogens is 2. The quantitative estimate of drug-likeness (QED) is 0.346. The van der Waals surface area contributed by atoms with Gasteiger partial charge in [-0.2, -0.15) is 0 Å². The summed E-state index contributed by atoms with van der Waals surface area (Å²) >= 11 is 0. The maximum Gasteiger partial charge on any atom is 0.317 e. The van der Waals surface area contributed by atoms with Gasteiger partial charge in [0.1, 0.15) is 5.82 Å². The number of nitrogens with one attached hydrogen (secondary N) is 4. The summed E-state index contributed by atoms with van der Waals surface area (Å²) in [4.78, 5) is 19.9. The molecule has 3 heterocycles. The number of methoxy groups -OCH3 is 1. The summed E-state index contributed by atoms with van der Waals surface area (Å²) in [5, 5.41) is 25.5. The van der Waals surface area contributed by atoms with Gasteiger partial charge in [-0.25, -0.2) is 4.99 Å². The number of aliphatic imine (C=N–C) groups is 1. The molecule has 1 fully saturated rings. The molecule has 5 rings (SSSR count). The van der Waals surface area contributed by atoms with E-state index in [-0.39, 0.29) is 17.8 Å². The van der Waals surface area contributed by atoms with Crippen LogP contribution in [0.4, 0.5) is 11.7 Å². The van der Waals surface area contributed by atoms with Crippen LogP contribution in [0.2, 0.25) is 0 Å². The van der Waals surface area contributed by atoms with Crippen molar-refractivity contribution in [1.82, 2.24) is 20.4 Å². The predicted octanol–water partition coefficient (Wildman–Crippen LogP) is 2.56. The minimum atomic E-state index is -1.02. The number of anilines is 2. The second-order valence-corrected chi connectivity index (χ2v) is 8.50. The number of ether oxygens (including phenoxy) is 1. The van der Waals surface area contributed by atoms with Crippen molar-refractivity contribution in [3.8, 4) is 0 Å². The van der Waals surface area contributed by atoms with Crippen LogP contribution in [0.3, 0.4) is 0 Å². The first kappa shape index (κ1) is 24.2. The topological polar surface area (TPSA) is 141 Å². The van der Waals surface area contributed by atoms with Gasteiger partial charge in [-0.1, -0.05) is 53.6 Å². The monoisotopic (exact) mass is 500 g/mol. The molecule has 0 bridgehead atoms. The Kier molecular flexibility index (Phi) is 7.22. The van der Waals surface area contributed by atoms with E-state index < -0.39 is 6.17 Å². The van der Waals surface area contributed by atoms with E-state index in [1.807, 2.05) is 54.6 Å². The van der Waals surface area contributed by atoms with Crippen molar-refractivity contribution in [3.05, 3.63) is 77.4 Å². The number of benzene rings is 2. The molecule has 2 aliphatic heterocycles. The van der Waals surface area contributed by atoms with Crippen LogP contribution >= 0.6 is 0 Å². The number of hydrogen-bond donors (Lipinski definition) is 4. The molecule has 0 unspecified atom stereocenters. The fraction of sp³-hybridized carbons (Fsp3) is 0.269. The average molecular weight is 501 g/mol. The highest BCUT2D eigenvalue weighted by atomic mass is 16.5. The highest BCUT2D eigenvalue weighted by molar-refractivity contribution is 6.19. The van der Waals surface area contributed by atoms with Crippen LogP contribution < -0.4 is 16.0 Å². The number of hydrogen-bond acceptors (Lipinski definition) is 10. The summed E-state index contributed by atoms with van der Waals surface area (Å²) in [7, 11) is 1.65. The zero-order valence-corrected chi connectivity index (χ0v) is 20.4. The summed E-state index contributed by atoms with van der Waals surface area (Å²) in [6.07, 6.45) is 1.14. The van der Waals surface area contributed by atoms with Gasteiger partial charge in [0.25, 0.3) is 11.8 Å². The number of rotatable bonds is 8. The van der Waals surface area contributed by atoms with E-state index in [0.717, 1.165) is 36.5 Å². The molecule has 4 N–H and O–H groups in total. The van der Waals surface area contributed by atoms with E-state index in [2.05, 4.69) is 31.0 Å². The summed E-state index contributed by atoms with van der Waals surface area (Å²) in [5.41, 5.74) is 3.48. The Morgan fingerprint density at radius 2 is 2.03 bits per heavy atom. The third-order valence-electron chi connectivity index (χ3n) is 6.09. The van der Waals surface area contributed by atoms with E-state index in [1.54, 1.807) is 7.11 Å². The molecule has 1 atom stereocenters. The molecule has 2 aromatic carbocycles. The molecule has 0 spiro atoms.